The number of hydrogen-bond donors (Lipinski definition) is 3. The van der Waals surface area contributed by atoms with Crippen molar-refractivity contribution in [2.24, 2.45) is 0 Å². The number of nitrogens with one attached hydrogen (secondary N) is 3. The number of H-pyrrole nitrogens is 2. The van der Waals surface area contributed by atoms with E-state index in [0.29, 0.717) is 11.5 Å². The van der Waals surface area contributed by atoms with E-state index in [9.17, 15) is 0 Å². The highest BCUT2D eigenvalue weighted by Crippen LogP contribution is 2.29. The summed E-state index contributed by atoms with van der Waals surface area (Å²) in [4.78, 5) is 26.2. The van der Waals surface area contributed by atoms with E-state index in [1.165, 1.54) is 0 Å². The van der Waals surface area contributed by atoms with Crippen LogP contribution in [-0.4, -0.2) is 51.2 Å². The molecule has 3 N–H and O–H groups in total. The largest absolute Gasteiger partial charge is 0.335 e. The molecule has 168 valence electrons. The van der Waals surface area contributed by atoms with E-state index in [-0.39, 0.29) is 0 Å². The highest BCUT2D eigenvalue weighted by Gasteiger charge is 2.17. The Hall–Kier alpha value is -4.44. The lowest BCUT2D eigenvalue weighted by molar-refractivity contribution is 0.724. The number of fused-ring (bicyclic) bond motifs is 2. The predicted molar refractivity (Wildman–Crippen MR) is 129 cm³/mol. The van der Waals surface area contributed by atoms with Gasteiger partial charge < -0.3 is 14.9 Å². The molecule has 6 rings (SSSR count). The first-order valence-electron chi connectivity index (χ1n) is 11.0. The first-order valence-corrected chi connectivity index (χ1v) is 11.0. The molecule has 6 heterocycles. The van der Waals surface area contributed by atoms with Gasteiger partial charge in [-0.2, -0.15) is 5.10 Å². The Bertz CT molecular complexity index is 1620. The molecular formula is C24H22N10. The molecule has 34 heavy (non-hydrogen) atoms. The molecule has 0 spiro atoms. The van der Waals surface area contributed by atoms with Gasteiger partial charge in [0.05, 0.1) is 46.8 Å². The molecule has 0 aliphatic carbocycles. The first kappa shape index (κ1) is 20.2. The Morgan fingerprint density at radius 2 is 1.91 bits per heavy atom. The van der Waals surface area contributed by atoms with Crippen molar-refractivity contribution in [3.05, 3.63) is 66.8 Å². The molecule has 6 aromatic heterocycles. The summed E-state index contributed by atoms with van der Waals surface area (Å²) in [6.07, 6.45) is 10.9. The standard InChI is InChI=1S/C24H22N10/c1-3-25-7-15-6-16(9-26-8-15)17-4-5-18-22(29-17)23(33-32-18)24-30-19-10-27-11-20(21(19)31-24)34-12-14(2)28-13-34/h4-6,8-13,25H,3,7H2,1-2H3,(H,30,31)(H,32,33). The van der Waals surface area contributed by atoms with Gasteiger partial charge in [-0.25, -0.2) is 15.0 Å². The van der Waals surface area contributed by atoms with Crippen LogP contribution in [0.15, 0.2) is 55.5 Å². The fourth-order valence-corrected chi connectivity index (χ4v) is 3.99. The van der Waals surface area contributed by atoms with Gasteiger partial charge in [-0.3, -0.25) is 15.1 Å². The molecule has 10 nitrogen and oxygen atoms in total. The molecule has 0 amide bonds. The molecule has 0 radical (unpaired) electrons. The molecule has 0 saturated heterocycles. The zero-order valence-electron chi connectivity index (χ0n) is 18.7. The van der Waals surface area contributed by atoms with Crippen LogP contribution in [0.2, 0.25) is 0 Å². The van der Waals surface area contributed by atoms with Crippen molar-refractivity contribution < 1.29 is 0 Å². The van der Waals surface area contributed by atoms with Crippen LogP contribution in [0.3, 0.4) is 0 Å². The van der Waals surface area contributed by atoms with Gasteiger partial charge in [0.2, 0.25) is 0 Å². The molecule has 0 aromatic carbocycles. The highest BCUT2D eigenvalue weighted by molar-refractivity contribution is 5.92. The maximum Gasteiger partial charge on any atom is 0.161 e. The number of rotatable bonds is 6. The van der Waals surface area contributed by atoms with Crippen LogP contribution in [0.25, 0.3) is 50.5 Å². The van der Waals surface area contributed by atoms with Gasteiger partial charge in [-0.15, -0.1) is 0 Å². The normalized spacial score (nSPS) is 11.6. The first-order chi connectivity index (χ1) is 16.7. The number of nitrogens with zero attached hydrogens (tertiary/aromatic N) is 7. The number of pyridine rings is 3. The molecule has 0 bridgehead atoms. The number of hydrogen-bond acceptors (Lipinski definition) is 7. The molecule has 0 fully saturated rings. The summed E-state index contributed by atoms with van der Waals surface area (Å²) < 4.78 is 1.92. The zero-order valence-corrected chi connectivity index (χ0v) is 18.7. The minimum absolute atomic E-state index is 0.621. The molecule has 0 saturated carbocycles. The summed E-state index contributed by atoms with van der Waals surface area (Å²) in [7, 11) is 0. The topological polar surface area (TPSA) is 126 Å². The van der Waals surface area contributed by atoms with Crippen molar-refractivity contribution in [3.8, 4) is 28.5 Å². The Morgan fingerprint density at radius 3 is 2.76 bits per heavy atom. The Balaban J connectivity index is 1.44. The minimum atomic E-state index is 0.621. The third kappa shape index (κ3) is 3.50. The number of aromatic nitrogens is 9. The maximum absolute atomic E-state index is 4.91. The second-order valence-corrected chi connectivity index (χ2v) is 8.09. The quantitative estimate of drug-likeness (QED) is 0.354. The van der Waals surface area contributed by atoms with Crippen LogP contribution >= 0.6 is 0 Å². The molecule has 0 aliphatic rings. The van der Waals surface area contributed by atoms with Crippen LogP contribution < -0.4 is 5.32 Å². The number of aryl methyl sites for hydroxylation is 1. The van der Waals surface area contributed by atoms with Gasteiger partial charge in [0, 0.05) is 30.7 Å². The van der Waals surface area contributed by atoms with Crippen molar-refractivity contribution in [3.63, 3.8) is 0 Å². The molecule has 6 aromatic rings. The van der Waals surface area contributed by atoms with E-state index < -0.39 is 0 Å². The molecule has 10 heteroatoms. The third-order valence-corrected chi connectivity index (χ3v) is 5.67. The van der Waals surface area contributed by atoms with Gasteiger partial charge in [0.15, 0.2) is 11.5 Å². The lowest BCUT2D eigenvalue weighted by atomic mass is 10.1. The highest BCUT2D eigenvalue weighted by atomic mass is 15.2. The van der Waals surface area contributed by atoms with Crippen LogP contribution in [0.1, 0.15) is 18.2 Å². The van der Waals surface area contributed by atoms with Gasteiger partial charge in [-0.1, -0.05) is 6.92 Å². The summed E-state index contributed by atoms with van der Waals surface area (Å²) in [6.45, 7) is 5.70. The van der Waals surface area contributed by atoms with E-state index >= 15 is 0 Å². The van der Waals surface area contributed by atoms with E-state index in [1.54, 1.807) is 18.7 Å². The molecule has 0 unspecified atom stereocenters. The fraction of sp³-hybridized carbons (Fsp3) is 0.167. The number of imidazole rings is 2. The van der Waals surface area contributed by atoms with Crippen molar-refractivity contribution in [1.82, 2.24) is 50.0 Å². The van der Waals surface area contributed by atoms with Crippen molar-refractivity contribution in [1.29, 1.82) is 0 Å². The molecular weight excluding hydrogens is 428 g/mol. The van der Waals surface area contributed by atoms with E-state index in [1.807, 2.05) is 42.2 Å². The van der Waals surface area contributed by atoms with Crippen LogP contribution in [0.4, 0.5) is 0 Å². The van der Waals surface area contributed by atoms with Crippen LogP contribution in [0, 0.1) is 6.92 Å². The zero-order chi connectivity index (χ0) is 23.1. The predicted octanol–water partition coefficient (Wildman–Crippen LogP) is 3.56. The maximum atomic E-state index is 4.91. The minimum Gasteiger partial charge on any atom is -0.335 e. The van der Waals surface area contributed by atoms with E-state index in [2.05, 4.69) is 48.4 Å². The van der Waals surface area contributed by atoms with E-state index in [0.717, 1.165) is 63.4 Å². The van der Waals surface area contributed by atoms with Crippen molar-refractivity contribution >= 4 is 22.1 Å². The summed E-state index contributed by atoms with van der Waals surface area (Å²) in [5.74, 6) is 0.621. The molecule has 0 atom stereocenters. The summed E-state index contributed by atoms with van der Waals surface area (Å²) in [6, 6.07) is 6.06. The lowest BCUT2D eigenvalue weighted by Gasteiger charge is -2.05. The Kier molecular flexibility index (Phi) is 4.84. The monoisotopic (exact) mass is 450 g/mol. The van der Waals surface area contributed by atoms with Crippen LogP contribution in [0.5, 0.6) is 0 Å². The SMILES string of the molecule is CCNCc1cncc(-c2ccc3[nH]nc(-c4nc5c(-n6cnc(C)c6)cncc5[nH]4)c3n2)c1. The smallest absolute Gasteiger partial charge is 0.161 e. The summed E-state index contributed by atoms with van der Waals surface area (Å²) in [5, 5.41) is 10.9. The lowest BCUT2D eigenvalue weighted by Crippen LogP contribution is -2.11. The Morgan fingerprint density at radius 1 is 1.00 bits per heavy atom. The summed E-state index contributed by atoms with van der Waals surface area (Å²) >= 11 is 0. The van der Waals surface area contributed by atoms with Gasteiger partial charge in [0.25, 0.3) is 0 Å². The third-order valence-electron chi connectivity index (χ3n) is 5.67. The fourth-order valence-electron chi connectivity index (χ4n) is 3.99. The van der Waals surface area contributed by atoms with Gasteiger partial charge in [0.1, 0.15) is 11.0 Å². The van der Waals surface area contributed by atoms with Gasteiger partial charge in [-0.05, 0) is 37.2 Å². The second kappa shape index (κ2) is 8.16. The molecule has 0 aliphatic heterocycles. The average Bonchev–Trinajstić information content (AvgIpc) is 3.59. The van der Waals surface area contributed by atoms with Crippen molar-refractivity contribution in [2.75, 3.05) is 6.54 Å². The van der Waals surface area contributed by atoms with Crippen LogP contribution in [-0.2, 0) is 6.54 Å². The second-order valence-electron chi connectivity index (χ2n) is 8.09. The summed E-state index contributed by atoms with van der Waals surface area (Å²) in [5.41, 5.74) is 8.48. The number of aromatic amines is 2. The van der Waals surface area contributed by atoms with E-state index in [4.69, 9.17) is 9.97 Å². The van der Waals surface area contributed by atoms with Crippen molar-refractivity contribution in [2.45, 2.75) is 20.4 Å². The van der Waals surface area contributed by atoms with Gasteiger partial charge >= 0.3 is 0 Å². The average molecular weight is 451 g/mol. The Labute approximate surface area is 194 Å².